The normalized spacial score (nSPS) is 11.4. The van der Waals surface area contributed by atoms with Gasteiger partial charge in [-0.3, -0.25) is 0 Å². The zero-order valence-corrected chi connectivity index (χ0v) is 16.9. The summed E-state index contributed by atoms with van der Waals surface area (Å²) in [5.41, 5.74) is 0. The van der Waals surface area contributed by atoms with Crippen LogP contribution in [-0.2, 0) is 0 Å². The van der Waals surface area contributed by atoms with E-state index >= 15 is 0 Å². The summed E-state index contributed by atoms with van der Waals surface area (Å²) in [5, 5.41) is 0. The van der Waals surface area contributed by atoms with Crippen molar-refractivity contribution < 1.29 is 0 Å². The molecule has 0 aliphatic rings. The summed E-state index contributed by atoms with van der Waals surface area (Å²) in [4.78, 5) is 0. The van der Waals surface area contributed by atoms with Gasteiger partial charge in [-0.15, -0.1) is 6.58 Å². The van der Waals surface area contributed by atoms with Crippen molar-refractivity contribution in [2.24, 2.45) is 0 Å². The van der Waals surface area contributed by atoms with Gasteiger partial charge in [0.05, 0.1) is 0 Å². The predicted octanol–water partition coefficient (Wildman–Crippen LogP) is 9.16. The van der Waals surface area contributed by atoms with E-state index in [0.717, 1.165) is 0 Å². The van der Waals surface area contributed by atoms with E-state index in [4.69, 9.17) is 0 Å². The fraction of sp³-hybridized carbons (Fsp3) is 0.833. The lowest BCUT2D eigenvalue weighted by atomic mass is 10.0. The van der Waals surface area contributed by atoms with Gasteiger partial charge in [0.1, 0.15) is 0 Å². The molecule has 0 fully saturated rings. The summed E-state index contributed by atoms with van der Waals surface area (Å²) in [6.45, 7) is 6.06. The molecule has 0 saturated carbocycles. The Hall–Kier alpha value is -0.520. The molecule has 0 bridgehead atoms. The first-order valence-corrected chi connectivity index (χ1v) is 11.2. The maximum absolute atomic E-state index is 3.78. The average Bonchev–Trinajstić information content (AvgIpc) is 2.60. The number of hydrogen-bond donors (Lipinski definition) is 0. The third-order valence-electron chi connectivity index (χ3n) is 4.92. The summed E-state index contributed by atoms with van der Waals surface area (Å²) in [5.74, 6) is 0. The van der Waals surface area contributed by atoms with Crippen molar-refractivity contribution in [3.63, 3.8) is 0 Å². The molecular weight excluding hydrogens is 288 g/mol. The van der Waals surface area contributed by atoms with E-state index in [0.29, 0.717) is 0 Å². The molecule has 0 aromatic heterocycles. The Morgan fingerprint density at radius 1 is 0.458 bits per heavy atom. The van der Waals surface area contributed by atoms with Gasteiger partial charge >= 0.3 is 0 Å². The van der Waals surface area contributed by atoms with Crippen LogP contribution in [0, 0.1) is 0 Å². The van der Waals surface area contributed by atoms with Crippen LogP contribution in [0.1, 0.15) is 129 Å². The Bertz CT molecular complexity index is 251. The highest BCUT2D eigenvalue weighted by atomic mass is 14.0. The van der Waals surface area contributed by atoms with E-state index < -0.39 is 0 Å². The Balaban J connectivity index is 3.04. The molecule has 0 unspecified atom stereocenters. The van der Waals surface area contributed by atoms with Gasteiger partial charge in [0, 0.05) is 0 Å². The molecule has 0 spiro atoms. The van der Waals surface area contributed by atoms with Crippen molar-refractivity contribution in [1.82, 2.24) is 0 Å². The highest BCUT2D eigenvalue weighted by molar-refractivity contribution is 4.81. The standard InChI is InChI=1S/C24H46/c1-3-5-7-9-11-13-15-17-19-21-23-24-22-20-18-16-14-12-10-8-6-4-2/h3,18,20H,1,4-17,19,21-24H2,2H3. The number of unbranched alkanes of at least 4 members (excludes halogenated alkanes) is 17. The summed E-state index contributed by atoms with van der Waals surface area (Å²) in [7, 11) is 0. The average molecular weight is 335 g/mol. The van der Waals surface area contributed by atoms with Gasteiger partial charge in [-0.2, -0.15) is 0 Å². The van der Waals surface area contributed by atoms with Crippen LogP contribution >= 0.6 is 0 Å². The SMILES string of the molecule is C=CCCCCCCCCCCCCC=CCCCCCCCC. The number of hydrogen-bond acceptors (Lipinski definition) is 0. The maximum Gasteiger partial charge on any atom is -0.0351 e. The molecule has 0 atom stereocenters. The minimum absolute atomic E-state index is 1.20. The molecule has 0 saturated heterocycles. The van der Waals surface area contributed by atoms with Gasteiger partial charge in [0.15, 0.2) is 0 Å². The smallest absolute Gasteiger partial charge is 0.0351 e. The van der Waals surface area contributed by atoms with Gasteiger partial charge in [-0.25, -0.2) is 0 Å². The summed E-state index contributed by atoms with van der Waals surface area (Å²) >= 11 is 0. The highest BCUT2D eigenvalue weighted by Gasteiger charge is 1.93. The molecule has 0 rings (SSSR count). The third kappa shape index (κ3) is 21.5. The zero-order chi connectivity index (χ0) is 17.6. The van der Waals surface area contributed by atoms with Crippen molar-refractivity contribution in [1.29, 1.82) is 0 Å². The van der Waals surface area contributed by atoms with Crippen LogP contribution < -0.4 is 0 Å². The quantitative estimate of drug-likeness (QED) is 0.154. The first-order valence-electron chi connectivity index (χ1n) is 11.2. The molecule has 0 aliphatic heterocycles. The minimum Gasteiger partial charge on any atom is -0.103 e. The highest BCUT2D eigenvalue weighted by Crippen LogP contribution is 2.12. The van der Waals surface area contributed by atoms with E-state index in [9.17, 15) is 0 Å². The molecule has 24 heavy (non-hydrogen) atoms. The Kier molecular flexibility index (Phi) is 22.0. The molecular formula is C24H46. The molecule has 142 valence electrons. The van der Waals surface area contributed by atoms with E-state index in [1.807, 2.05) is 6.08 Å². The Labute approximate surface area is 154 Å². The first kappa shape index (κ1) is 23.5. The Morgan fingerprint density at radius 3 is 1.17 bits per heavy atom. The lowest BCUT2D eigenvalue weighted by molar-refractivity contribution is 0.553. The van der Waals surface area contributed by atoms with Crippen LogP contribution in [0.4, 0.5) is 0 Å². The van der Waals surface area contributed by atoms with E-state index in [2.05, 4.69) is 25.7 Å². The van der Waals surface area contributed by atoms with Gasteiger partial charge < -0.3 is 0 Å². The molecule has 0 heteroatoms. The van der Waals surface area contributed by atoms with Crippen LogP contribution in [0.25, 0.3) is 0 Å². The molecule has 0 N–H and O–H groups in total. The van der Waals surface area contributed by atoms with Crippen molar-refractivity contribution >= 4 is 0 Å². The van der Waals surface area contributed by atoms with E-state index in [-0.39, 0.29) is 0 Å². The van der Waals surface area contributed by atoms with Gasteiger partial charge in [0.2, 0.25) is 0 Å². The molecule has 0 nitrogen and oxygen atoms in total. The topological polar surface area (TPSA) is 0 Å². The molecule has 0 aliphatic carbocycles. The second-order valence-electron chi connectivity index (χ2n) is 7.43. The zero-order valence-electron chi connectivity index (χ0n) is 16.9. The minimum atomic E-state index is 1.20. The molecule has 0 heterocycles. The van der Waals surface area contributed by atoms with Crippen LogP contribution in [0.5, 0.6) is 0 Å². The second-order valence-corrected chi connectivity index (χ2v) is 7.43. The van der Waals surface area contributed by atoms with Crippen LogP contribution in [0.3, 0.4) is 0 Å². The van der Waals surface area contributed by atoms with Crippen LogP contribution in [0.2, 0.25) is 0 Å². The number of allylic oxidation sites excluding steroid dienone is 3. The van der Waals surface area contributed by atoms with E-state index in [1.54, 1.807) is 0 Å². The van der Waals surface area contributed by atoms with Gasteiger partial charge in [-0.1, -0.05) is 109 Å². The third-order valence-corrected chi connectivity index (χ3v) is 4.92. The van der Waals surface area contributed by atoms with Crippen molar-refractivity contribution in [3.8, 4) is 0 Å². The van der Waals surface area contributed by atoms with Crippen LogP contribution in [-0.4, -0.2) is 0 Å². The maximum atomic E-state index is 3.78. The molecule has 0 aromatic rings. The lowest BCUT2D eigenvalue weighted by Crippen LogP contribution is -1.82. The summed E-state index contributed by atoms with van der Waals surface area (Å²) in [6, 6.07) is 0. The lowest BCUT2D eigenvalue weighted by Gasteiger charge is -2.02. The largest absolute Gasteiger partial charge is 0.103 e. The van der Waals surface area contributed by atoms with Crippen molar-refractivity contribution in [3.05, 3.63) is 24.8 Å². The van der Waals surface area contributed by atoms with Crippen molar-refractivity contribution in [2.75, 3.05) is 0 Å². The monoisotopic (exact) mass is 334 g/mol. The van der Waals surface area contributed by atoms with Crippen LogP contribution in [0.15, 0.2) is 24.8 Å². The Morgan fingerprint density at radius 2 is 0.792 bits per heavy atom. The molecule has 0 radical (unpaired) electrons. The summed E-state index contributed by atoms with van der Waals surface area (Å²) < 4.78 is 0. The fourth-order valence-electron chi connectivity index (χ4n) is 3.24. The molecule has 0 amide bonds. The predicted molar refractivity (Wildman–Crippen MR) is 113 cm³/mol. The van der Waals surface area contributed by atoms with Gasteiger partial charge in [-0.05, 0) is 38.5 Å². The fourth-order valence-corrected chi connectivity index (χ4v) is 3.24. The van der Waals surface area contributed by atoms with E-state index in [1.165, 1.54) is 122 Å². The summed E-state index contributed by atoms with van der Waals surface area (Å²) in [6.07, 6.45) is 33.4. The molecule has 0 aromatic carbocycles. The van der Waals surface area contributed by atoms with Gasteiger partial charge in [0.25, 0.3) is 0 Å². The number of rotatable bonds is 20. The first-order chi connectivity index (χ1) is 11.9. The second kappa shape index (κ2) is 22.5. The van der Waals surface area contributed by atoms with Crippen molar-refractivity contribution in [2.45, 2.75) is 129 Å².